The summed E-state index contributed by atoms with van der Waals surface area (Å²) in [5, 5.41) is 13.0. The Bertz CT molecular complexity index is 1290. The van der Waals surface area contributed by atoms with Crippen molar-refractivity contribution in [2.24, 2.45) is 5.92 Å². The number of fused-ring (bicyclic) bond motifs is 1. The summed E-state index contributed by atoms with van der Waals surface area (Å²) in [6.07, 6.45) is -1.18. The zero-order valence-corrected chi connectivity index (χ0v) is 17.6. The molecule has 0 radical (unpaired) electrons. The number of nitrogens with zero attached hydrogens (tertiary/aromatic N) is 3. The molecule has 8 nitrogen and oxygen atoms in total. The summed E-state index contributed by atoms with van der Waals surface area (Å²) in [4.78, 5) is 44.4. The number of non-ortho nitro benzene ring substituents is 1. The van der Waals surface area contributed by atoms with E-state index in [1.54, 1.807) is 30.3 Å². The lowest BCUT2D eigenvalue weighted by molar-refractivity contribution is -0.384. The number of nitro groups is 1. The zero-order chi connectivity index (χ0) is 23.3. The topological polar surface area (TPSA) is 93.0 Å². The molecule has 2 heterocycles. The third-order valence-electron chi connectivity index (χ3n) is 5.72. The van der Waals surface area contributed by atoms with Crippen molar-refractivity contribution in [2.45, 2.75) is 12.1 Å². The molecule has 0 N–H and O–H groups in total. The summed E-state index contributed by atoms with van der Waals surface area (Å²) in [5.74, 6) is -2.61. The van der Waals surface area contributed by atoms with E-state index >= 15 is 0 Å². The first-order valence-electron chi connectivity index (χ1n) is 9.95. The second kappa shape index (κ2) is 7.95. The van der Waals surface area contributed by atoms with E-state index in [-0.39, 0.29) is 11.4 Å². The molecule has 2 fully saturated rings. The molecule has 0 bridgehead atoms. The van der Waals surface area contributed by atoms with Gasteiger partial charge in [0, 0.05) is 17.2 Å². The summed E-state index contributed by atoms with van der Waals surface area (Å²) in [6.45, 7) is 0. The maximum absolute atomic E-state index is 13.5. The maximum atomic E-state index is 13.5. The first kappa shape index (κ1) is 21.0. The van der Waals surface area contributed by atoms with Crippen LogP contribution in [0.15, 0.2) is 72.8 Å². The van der Waals surface area contributed by atoms with Gasteiger partial charge in [0.25, 0.3) is 11.6 Å². The fraction of sp³-hybridized carbons (Fsp3) is 0.130. The number of anilines is 2. The van der Waals surface area contributed by atoms with Crippen LogP contribution in [0.5, 0.6) is 0 Å². The standard InChI is InChI=1S/C23H15ClFN3O5/c24-18-7-2-1-6-17(18)20-19-21(33-27(20)15-4-3-5-16(12-15)28(31)32)23(30)26(22(19)29)14-10-8-13(25)9-11-14/h1-12,19-21H/t19-,20-,21+/m0/s1. The van der Waals surface area contributed by atoms with E-state index in [2.05, 4.69) is 0 Å². The monoisotopic (exact) mass is 467 g/mol. The number of hydroxylamine groups is 1. The highest BCUT2D eigenvalue weighted by molar-refractivity contribution is 6.31. The molecule has 166 valence electrons. The van der Waals surface area contributed by atoms with Crippen LogP contribution < -0.4 is 9.96 Å². The molecule has 2 saturated heterocycles. The first-order chi connectivity index (χ1) is 15.9. The van der Waals surface area contributed by atoms with Gasteiger partial charge in [0.05, 0.1) is 22.3 Å². The molecule has 2 aliphatic heterocycles. The van der Waals surface area contributed by atoms with E-state index in [0.717, 1.165) is 17.0 Å². The van der Waals surface area contributed by atoms with Crippen molar-refractivity contribution in [1.29, 1.82) is 0 Å². The molecule has 3 aromatic rings. The third-order valence-corrected chi connectivity index (χ3v) is 6.06. The van der Waals surface area contributed by atoms with Crippen molar-refractivity contribution in [3.63, 3.8) is 0 Å². The Morgan fingerprint density at radius 3 is 2.36 bits per heavy atom. The molecule has 2 amide bonds. The predicted octanol–water partition coefficient (Wildman–Crippen LogP) is 4.44. The Kier molecular flexibility index (Phi) is 5.07. The SMILES string of the molecule is O=C1[C@@H]2[C@@H](ON(c3cccc([N+](=O)[O-])c3)[C@H]2c2ccccc2Cl)C(=O)N1c1ccc(F)cc1. The lowest BCUT2D eigenvalue weighted by Gasteiger charge is -2.29. The van der Waals surface area contributed by atoms with E-state index in [1.807, 2.05) is 0 Å². The van der Waals surface area contributed by atoms with Crippen LogP contribution in [-0.2, 0) is 14.4 Å². The quantitative estimate of drug-likeness (QED) is 0.320. The van der Waals surface area contributed by atoms with Gasteiger partial charge in [-0.2, -0.15) is 0 Å². The van der Waals surface area contributed by atoms with Crippen molar-refractivity contribution < 1.29 is 23.7 Å². The minimum Gasteiger partial charge on any atom is -0.273 e. The summed E-state index contributed by atoms with van der Waals surface area (Å²) in [6, 6.07) is 16.7. The van der Waals surface area contributed by atoms with Gasteiger partial charge in [0.1, 0.15) is 11.7 Å². The van der Waals surface area contributed by atoms with Gasteiger partial charge < -0.3 is 0 Å². The van der Waals surface area contributed by atoms with Crippen LogP contribution in [0, 0.1) is 21.8 Å². The molecule has 3 atom stereocenters. The molecule has 33 heavy (non-hydrogen) atoms. The van der Waals surface area contributed by atoms with E-state index in [0.29, 0.717) is 16.3 Å². The van der Waals surface area contributed by atoms with Gasteiger partial charge in [-0.05, 0) is 42.0 Å². The number of amides is 2. The van der Waals surface area contributed by atoms with Crippen LogP contribution in [0.4, 0.5) is 21.5 Å². The van der Waals surface area contributed by atoms with Gasteiger partial charge in [-0.15, -0.1) is 0 Å². The lowest BCUT2D eigenvalue weighted by Crippen LogP contribution is -2.37. The van der Waals surface area contributed by atoms with Gasteiger partial charge >= 0.3 is 0 Å². The fourth-order valence-corrected chi connectivity index (χ4v) is 4.51. The van der Waals surface area contributed by atoms with Crippen molar-refractivity contribution >= 4 is 40.5 Å². The van der Waals surface area contributed by atoms with Gasteiger partial charge in [-0.25, -0.2) is 14.4 Å². The molecule has 5 rings (SSSR count). The van der Waals surface area contributed by atoms with E-state index in [1.165, 1.54) is 35.4 Å². The van der Waals surface area contributed by atoms with Gasteiger partial charge in [0.2, 0.25) is 5.91 Å². The van der Waals surface area contributed by atoms with Crippen LogP contribution in [0.2, 0.25) is 5.02 Å². The Labute approximate surface area is 191 Å². The van der Waals surface area contributed by atoms with Crippen molar-refractivity contribution in [3.05, 3.63) is 99.3 Å². The average molecular weight is 468 g/mol. The van der Waals surface area contributed by atoms with Gasteiger partial charge in [0.15, 0.2) is 6.10 Å². The van der Waals surface area contributed by atoms with Gasteiger partial charge in [-0.3, -0.25) is 24.5 Å². The molecule has 0 spiro atoms. The van der Waals surface area contributed by atoms with Gasteiger partial charge in [-0.1, -0.05) is 35.9 Å². The summed E-state index contributed by atoms with van der Waals surface area (Å²) < 4.78 is 13.4. The van der Waals surface area contributed by atoms with Crippen LogP contribution in [0.1, 0.15) is 11.6 Å². The minimum atomic E-state index is -1.18. The summed E-state index contributed by atoms with van der Waals surface area (Å²) in [7, 11) is 0. The predicted molar refractivity (Wildman–Crippen MR) is 117 cm³/mol. The molecule has 0 saturated carbocycles. The largest absolute Gasteiger partial charge is 0.273 e. The molecule has 0 unspecified atom stereocenters. The number of hydrogen-bond acceptors (Lipinski definition) is 6. The zero-order valence-electron chi connectivity index (χ0n) is 16.8. The van der Waals surface area contributed by atoms with Crippen molar-refractivity contribution in [2.75, 3.05) is 9.96 Å². The van der Waals surface area contributed by atoms with Crippen molar-refractivity contribution in [1.82, 2.24) is 0 Å². The number of carbonyl (C=O) groups excluding carboxylic acids is 2. The molecule has 3 aromatic carbocycles. The second-order valence-electron chi connectivity index (χ2n) is 7.61. The highest BCUT2D eigenvalue weighted by Crippen LogP contribution is 2.49. The van der Waals surface area contributed by atoms with Crippen LogP contribution in [0.25, 0.3) is 0 Å². The highest BCUT2D eigenvalue weighted by Gasteiger charge is 2.60. The number of imide groups is 1. The maximum Gasteiger partial charge on any atom is 0.271 e. The first-order valence-corrected chi connectivity index (χ1v) is 10.3. The molecular formula is C23H15ClFN3O5. The van der Waals surface area contributed by atoms with E-state index in [4.69, 9.17) is 16.4 Å². The van der Waals surface area contributed by atoms with Crippen LogP contribution in [0.3, 0.4) is 0 Å². The number of rotatable bonds is 4. The van der Waals surface area contributed by atoms with Crippen LogP contribution >= 0.6 is 11.6 Å². The molecule has 0 aromatic heterocycles. The summed E-state index contributed by atoms with van der Waals surface area (Å²) in [5.41, 5.74) is 0.888. The second-order valence-corrected chi connectivity index (χ2v) is 8.02. The molecule has 2 aliphatic rings. The molecule has 0 aliphatic carbocycles. The lowest BCUT2D eigenvalue weighted by atomic mass is 9.90. The molecule has 10 heteroatoms. The fourth-order valence-electron chi connectivity index (χ4n) is 4.26. The third kappa shape index (κ3) is 3.42. The van der Waals surface area contributed by atoms with Crippen molar-refractivity contribution in [3.8, 4) is 0 Å². The van der Waals surface area contributed by atoms with E-state index < -0.39 is 40.6 Å². The Morgan fingerprint density at radius 1 is 0.939 bits per heavy atom. The smallest absolute Gasteiger partial charge is 0.271 e. The Morgan fingerprint density at radius 2 is 1.67 bits per heavy atom. The summed E-state index contributed by atoms with van der Waals surface area (Å²) >= 11 is 6.44. The number of nitro benzene ring substituents is 1. The minimum absolute atomic E-state index is 0.170. The average Bonchev–Trinajstić information content (AvgIpc) is 3.31. The number of halogens is 2. The van der Waals surface area contributed by atoms with Crippen LogP contribution in [-0.4, -0.2) is 22.8 Å². The highest BCUT2D eigenvalue weighted by atomic mass is 35.5. The number of hydrogen-bond donors (Lipinski definition) is 0. The number of carbonyl (C=O) groups is 2. The Hall–Kier alpha value is -3.82. The number of benzene rings is 3. The van der Waals surface area contributed by atoms with E-state index in [9.17, 15) is 24.1 Å². The Balaban J connectivity index is 1.61. The molecular weight excluding hydrogens is 453 g/mol. The normalized spacial score (nSPS) is 22.1.